The number of aryl methyl sites for hydroxylation is 2. The van der Waals surface area contributed by atoms with E-state index in [0.717, 1.165) is 24.2 Å². The Morgan fingerprint density at radius 1 is 1.62 bits per heavy atom. The van der Waals surface area contributed by atoms with Crippen molar-refractivity contribution in [1.29, 1.82) is 0 Å². The van der Waals surface area contributed by atoms with Crippen molar-refractivity contribution in [1.82, 2.24) is 9.78 Å². The van der Waals surface area contributed by atoms with E-state index in [1.165, 1.54) is 0 Å². The van der Waals surface area contributed by atoms with E-state index >= 15 is 0 Å². The molecule has 0 radical (unpaired) electrons. The number of carboxylic acid groups (broad SMARTS) is 1. The van der Waals surface area contributed by atoms with Gasteiger partial charge in [-0.15, -0.1) is 0 Å². The van der Waals surface area contributed by atoms with Crippen molar-refractivity contribution in [2.75, 3.05) is 5.32 Å². The van der Waals surface area contributed by atoms with Crippen LogP contribution in [0.2, 0.25) is 0 Å². The van der Waals surface area contributed by atoms with E-state index in [9.17, 15) is 4.79 Å². The molecule has 1 aromatic rings. The van der Waals surface area contributed by atoms with Crippen LogP contribution in [-0.2, 0) is 18.3 Å². The lowest BCUT2D eigenvalue weighted by molar-refractivity contribution is -0.138. The highest BCUT2D eigenvalue weighted by Crippen LogP contribution is 2.16. The molecule has 0 amide bonds. The smallest absolute Gasteiger partial charge is 0.326 e. The van der Waals surface area contributed by atoms with Crippen molar-refractivity contribution in [3.8, 4) is 0 Å². The molecule has 1 unspecified atom stereocenters. The second-order valence-electron chi connectivity index (χ2n) is 3.84. The Morgan fingerprint density at radius 2 is 2.31 bits per heavy atom. The van der Waals surface area contributed by atoms with E-state index in [1.54, 1.807) is 4.68 Å². The van der Waals surface area contributed by atoms with Gasteiger partial charge in [-0.3, -0.25) is 4.68 Å². The Morgan fingerprint density at radius 3 is 2.81 bits per heavy atom. The fourth-order valence-corrected chi connectivity index (χ4v) is 1.65. The summed E-state index contributed by atoms with van der Waals surface area (Å²) in [7, 11) is 1.83. The summed E-state index contributed by atoms with van der Waals surface area (Å²) in [6.07, 6.45) is 4.07. The molecule has 1 atom stereocenters. The number of rotatable bonds is 6. The van der Waals surface area contributed by atoms with Gasteiger partial charge in [-0.05, 0) is 12.8 Å². The Balaban J connectivity index is 2.79. The lowest BCUT2D eigenvalue weighted by Crippen LogP contribution is -2.29. The molecule has 0 saturated heterocycles. The molecule has 2 N–H and O–H groups in total. The molecule has 0 fully saturated rings. The molecular formula is C11H19N3O2. The number of carbonyl (C=O) groups is 1. The van der Waals surface area contributed by atoms with Crippen LogP contribution in [0.4, 0.5) is 5.69 Å². The summed E-state index contributed by atoms with van der Waals surface area (Å²) in [5, 5.41) is 16.3. The predicted molar refractivity (Wildman–Crippen MR) is 62.5 cm³/mol. The molecule has 0 aliphatic heterocycles. The van der Waals surface area contributed by atoms with Gasteiger partial charge in [-0.25, -0.2) is 4.79 Å². The molecular weight excluding hydrogens is 206 g/mol. The van der Waals surface area contributed by atoms with Crippen molar-refractivity contribution in [3.05, 3.63) is 11.9 Å². The first-order chi connectivity index (χ1) is 7.58. The van der Waals surface area contributed by atoms with Crippen LogP contribution in [0.25, 0.3) is 0 Å². The number of hydrogen-bond acceptors (Lipinski definition) is 3. The molecule has 0 spiro atoms. The second-order valence-corrected chi connectivity index (χ2v) is 3.84. The van der Waals surface area contributed by atoms with Crippen LogP contribution in [0.1, 0.15) is 32.4 Å². The Bertz CT molecular complexity index is 360. The van der Waals surface area contributed by atoms with E-state index in [1.807, 2.05) is 27.1 Å². The zero-order valence-corrected chi connectivity index (χ0v) is 10.0. The van der Waals surface area contributed by atoms with Crippen molar-refractivity contribution in [2.45, 2.75) is 39.2 Å². The highest BCUT2D eigenvalue weighted by Gasteiger charge is 2.18. The van der Waals surface area contributed by atoms with Crippen LogP contribution in [-0.4, -0.2) is 26.9 Å². The van der Waals surface area contributed by atoms with Crippen LogP contribution in [0.15, 0.2) is 6.20 Å². The second kappa shape index (κ2) is 5.53. The van der Waals surface area contributed by atoms with Crippen molar-refractivity contribution < 1.29 is 9.90 Å². The largest absolute Gasteiger partial charge is 0.480 e. The Kier molecular flexibility index (Phi) is 4.34. The molecule has 0 saturated carbocycles. The fraction of sp³-hybridized carbons (Fsp3) is 0.636. The van der Waals surface area contributed by atoms with E-state index in [-0.39, 0.29) is 0 Å². The van der Waals surface area contributed by atoms with Crippen LogP contribution in [0.5, 0.6) is 0 Å². The summed E-state index contributed by atoms with van der Waals surface area (Å²) in [6, 6.07) is -0.528. The molecule has 0 aliphatic carbocycles. The van der Waals surface area contributed by atoms with Gasteiger partial charge in [-0.2, -0.15) is 5.10 Å². The summed E-state index contributed by atoms with van der Waals surface area (Å²) in [5.74, 6) is -0.812. The monoisotopic (exact) mass is 225 g/mol. The minimum absolute atomic E-state index is 0.528. The Labute approximate surface area is 95.5 Å². The molecule has 5 heteroatoms. The third-order valence-electron chi connectivity index (χ3n) is 2.45. The molecule has 16 heavy (non-hydrogen) atoms. The highest BCUT2D eigenvalue weighted by molar-refractivity contribution is 5.77. The van der Waals surface area contributed by atoms with Crippen molar-refractivity contribution >= 4 is 11.7 Å². The first-order valence-electron chi connectivity index (χ1n) is 5.60. The number of aromatic nitrogens is 2. The third-order valence-corrected chi connectivity index (χ3v) is 2.45. The van der Waals surface area contributed by atoms with Gasteiger partial charge in [0, 0.05) is 13.2 Å². The molecule has 1 rings (SSSR count). The van der Waals surface area contributed by atoms with Crippen molar-refractivity contribution in [2.24, 2.45) is 7.05 Å². The first kappa shape index (κ1) is 12.5. The van der Waals surface area contributed by atoms with Gasteiger partial charge < -0.3 is 10.4 Å². The summed E-state index contributed by atoms with van der Waals surface area (Å²) in [5.41, 5.74) is 1.73. The number of nitrogens with zero attached hydrogens (tertiary/aromatic N) is 2. The predicted octanol–water partition coefficient (Wildman–Crippen LogP) is 1.65. The van der Waals surface area contributed by atoms with Crippen LogP contribution in [0, 0.1) is 0 Å². The maximum atomic E-state index is 11.0. The summed E-state index contributed by atoms with van der Waals surface area (Å²) < 4.78 is 1.70. The summed E-state index contributed by atoms with van der Waals surface area (Å²) in [4.78, 5) is 11.0. The number of nitrogens with one attached hydrogen (secondary N) is 1. The van der Waals surface area contributed by atoms with E-state index in [4.69, 9.17) is 5.11 Å². The van der Waals surface area contributed by atoms with Gasteiger partial charge in [0.1, 0.15) is 6.04 Å². The maximum absolute atomic E-state index is 11.0. The number of aliphatic carboxylic acids is 1. The van der Waals surface area contributed by atoms with Gasteiger partial charge in [0.05, 0.1) is 11.4 Å². The molecule has 5 nitrogen and oxygen atoms in total. The molecule has 1 heterocycles. The van der Waals surface area contributed by atoms with E-state index in [2.05, 4.69) is 10.4 Å². The summed E-state index contributed by atoms with van der Waals surface area (Å²) in [6.45, 7) is 3.98. The standard InChI is InChI=1S/C11H19N3O2/c1-4-6-9(11(15)16)12-10-7-14(3)13-8(10)5-2/h7,9,12H,4-6H2,1-3H3,(H,15,16). The first-order valence-corrected chi connectivity index (χ1v) is 5.60. The number of anilines is 1. The van der Waals surface area contributed by atoms with Crippen LogP contribution in [0.3, 0.4) is 0 Å². The molecule has 0 aliphatic rings. The topological polar surface area (TPSA) is 67.2 Å². The average Bonchev–Trinajstić information content (AvgIpc) is 2.58. The number of carboxylic acids is 1. The fourth-order valence-electron chi connectivity index (χ4n) is 1.65. The summed E-state index contributed by atoms with van der Waals surface area (Å²) >= 11 is 0. The lowest BCUT2D eigenvalue weighted by Gasteiger charge is -2.14. The lowest BCUT2D eigenvalue weighted by atomic mass is 10.1. The normalized spacial score (nSPS) is 12.4. The Hall–Kier alpha value is -1.52. The molecule has 0 aromatic carbocycles. The minimum Gasteiger partial charge on any atom is -0.480 e. The minimum atomic E-state index is -0.812. The quantitative estimate of drug-likeness (QED) is 0.772. The van der Waals surface area contributed by atoms with E-state index in [0.29, 0.717) is 6.42 Å². The number of hydrogen-bond donors (Lipinski definition) is 2. The van der Waals surface area contributed by atoms with Gasteiger partial charge >= 0.3 is 5.97 Å². The third kappa shape index (κ3) is 2.98. The van der Waals surface area contributed by atoms with Crippen LogP contribution >= 0.6 is 0 Å². The maximum Gasteiger partial charge on any atom is 0.326 e. The zero-order valence-electron chi connectivity index (χ0n) is 10.0. The average molecular weight is 225 g/mol. The molecule has 90 valence electrons. The highest BCUT2D eigenvalue weighted by atomic mass is 16.4. The van der Waals surface area contributed by atoms with Gasteiger partial charge in [-0.1, -0.05) is 20.3 Å². The van der Waals surface area contributed by atoms with Gasteiger partial charge in [0.25, 0.3) is 0 Å². The van der Waals surface area contributed by atoms with Gasteiger partial charge in [0.2, 0.25) is 0 Å². The SMILES string of the molecule is CCCC(Nc1cn(C)nc1CC)C(=O)O. The van der Waals surface area contributed by atoms with Crippen molar-refractivity contribution in [3.63, 3.8) is 0 Å². The van der Waals surface area contributed by atoms with E-state index < -0.39 is 12.0 Å². The van der Waals surface area contributed by atoms with Gasteiger partial charge in [0.15, 0.2) is 0 Å². The zero-order chi connectivity index (χ0) is 12.1. The molecule has 0 bridgehead atoms. The molecule has 1 aromatic heterocycles. The van der Waals surface area contributed by atoms with Crippen LogP contribution < -0.4 is 5.32 Å².